The van der Waals surface area contributed by atoms with Gasteiger partial charge in [-0.3, -0.25) is 4.57 Å². The summed E-state index contributed by atoms with van der Waals surface area (Å²) in [6.45, 7) is 0. The first kappa shape index (κ1) is 13.0. The van der Waals surface area contributed by atoms with E-state index in [-0.39, 0.29) is 17.4 Å². The van der Waals surface area contributed by atoms with Crippen molar-refractivity contribution < 1.29 is 13.2 Å². The van der Waals surface area contributed by atoms with Gasteiger partial charge in [0.15, 0.2) is 11.6 Å². The number of para-hydroxylation sites is 2. The van der Waals surface area contributed by atoms with Crippen LogP contribution in [0.5, 0.6) is 0 Å². The maximum Gasteiger partial charge on any atom is 0.153 e. The summed E-state index contributed by atoms with van der Waals surface area (Å²) in [5.74, 6) is -2.71. The second-order valence-corrected chi connectivity index (χ2v) is 4.47. The van der Waals surface area contributed by atoms with Crippen LogP contribution < -0.4 is 0 Å². The Kier molecular flexibility index (Phi) is 3.14. The molecular formula is C14H8ClF3N2. The maximum atomic E-state index is 13.9. The summed E-state index contributed by atoms with van der Waals surface area (Å²) < 4.78 is 42.2. The van der Waals surface area contributed by atoms with Gasteiger partial charge in [0.05, 0.1) is 16.9 Å². The standard InChI is InChI=1S/C14H8ClF3N2/c15-7-13-19-11-3-1-2-4-12(11)20(13)14-9(17)5-8(16)6-10(14)18/h1-6H,7H2. The quantitative estimate of drug-likeness (QED) is 0.649. The molecule has 0 spiro atoms. The number of benzene rings is 2. The summed E-state index contributed by atoms with van der Waals surface area (Å²) in [5.41, 5.74) is 0.689. The lowest BCUT2D eigenvalue weighted by atomic mass is 10.2. The first-order valence-corrected chi connectivity index (χ1v) is 6.32. The van der Waals surface area contributed by atoms with Crippen LogP contribution in [0, 0.1) is 17.5 Å². The number of rotatable bonds is 2. The van der Waals surface area contributed by atoms with Crippen LogP contribution in [0.2, 0.25) is 0 Å². The largest absolute Gasteiger partial charge is 0.290 e. The van der Waals surface area contributed by atoms with Gasteiger partial charge in [0.25, 0.3) is 0 Å². The Morgan fingerprint density at radius 3 is 2.35 bits per heavy atom. The molecule has 6 heteroatoms. The van der Waals surface area contributed by atoms with Crippen LogP contribution in [0.4, 0.5) is 13.2 Å². The van der Waals surface area contributed by atoms with Crippen molar-refractivity contribution in [2.24, 2.45) is 0 Å². The molecule has 0 aliphatic rings. The Hall–Kier alpha value is -2.01. The van der Waals surface area contributed by atoms with Crippen LogP contribution in [0.25, 0.3) is 16.7 Å². The van der Waals surface area contributed by atoms with E-state index in [0.29, 0.717) is 23.2 Å². The van der Waals surface area contributed by atoms with E-state index in [0.717, 1.165) is 0 Å². The van der Waals surface area contributed by atoms with Gasteiger partial charge in [-0.15, -0.1) is 11.6 Å². The molecule has 0 atom stereocenters. The van der Waals surface area contributed by atoms with E-state index < -0.39 is 17.5 Å². The molecule has 3 rings (SSSR count). The fourth-order valence-electron chi connectivity index (χ4n) is 2.16. The van der Waals surface area contributed by atoms with Gasteiger partial charge < -0.3 is 0 Å². The van der Waals surface area contributed by atoms with E-state index in [2.05, 4.69) is 4.98 Å². The van der Waals surface area contributed by atoms with Crippen molar-refractivity contribution in [2.75, 3.05) is 0 Å². The maximum absolute atomic E-state index is 13.9. The minimum absolute atomic E-state index is 0.0229. The number of hydrogen-bond acceptors (Lipinski definition) is 1. The van der Waals surface area contributed by atoms with Crippen molar-refractivity contribution >= 4 is 22.6 Å². The lowest BCUT2D eigenvalue weighted by molar-refractivity contribution is 0.534. The molecule has 0 amide bonds. The first-order chi connectivity index (χ1) is 9.61. The molecule has 0 radical (unpaired) electrons. The van der Waals surface area contributed by atoms with Crippen LogP contribution in [0.1, 0.15) is 5.82 Å². The first-order valence-electron chi connectivity index (χ1n) is 5.79. The predicted molar refractivity (Wildman–Crippen MR) is 70.5 cm³/mol. The lowest BCUT2D eigenvalue weighted by Crippen LogP contribution is -2.06. The highest BCUT2D eigenvalue weighted by molar-refractivity contribution is 6.17. The predicted octanol–water partition coefficient (Wildman–Crippen LogP) is 4.18. The molecule has 0 unspecified atom stereocenters. The second-order valence-electron chi connectivity index (χ2n) is 4.20. The Morgan fingerprint density at radius 2 is 1.70 bits per heavy atom. The lowest BCUT2D eigenvalue weighted by Gasteiger charge is -2.10. The summed E-state index contributed by atoms with van der Waals surface area (Å²) in [6, 6.07) is 8.12. The highest BCUT2D eigenvalue weighted by atomic mass is 35.5. The second kappa shape index (κ2) is 4.83. The third kappa shape index (κ3) is 1.94. The van der Waals surface area contributed by atoms with E-state index in [1.807, 2.05) is 0 Å². The van der Waals surface area contributed by atoms with Gasteiger partial charge in [-0.1, -0.05) is 12.1 Å². The molecular weight excluding hydrogens is 289 g/mol. The fraction of sp³-hybridized carbons (Fsp3) is 0.0714. The highest BCUT2D eigenvalue weighted by Gasteiger charge is 2.19. The van der Waals surface area contributed by atoms with Crippen LogP contribution >= 0.6 is 11.6 Å². The summed E-state index contributed by atoms with van der Waals surface area (Å²) in [4.78, 5) is 4.22. The average Bonchev–Trinajstić information content (AvgIpc) is 2.76. The van der Waals surface area contributed by atoms with Crippen molar-refractivity contribution in [2.45, 2.75) is 5.88 Å². The minimum Gasteiger partial charge on any atom is -0.290 e. The smallest absolute Gasteiger partial charge is 0.153 e. The zero-order valence-corrected chi connectivity index (χ0v) is 10.8. The van der Waals surface area contributed by atoms with Gasteiger partial charge in [-0.05, 0) is 12.1 Å². The van der Waals surface area contributed by atoms with Gasteiger partial charge in [0.1, 0.15) is 17.3 Å². The van der Waals surface area contributed by atoms with Gasteiger partial charge in [0, 0.05) is 12.1 Å². The van der Waals surface area contributed by atoms with Crippen molar-refractivity contribution in [3.63, 3.8) is 0 Å². The molecule has 0 bridgehead atoms. The molecule has 2 nitrogen and oxygen atoms in total. The van der Waals surface area contributed by atoms with Crippen molar-refractivity contribution in [3.05, 3.63) is 59.7 Å². The highest BCUT2D eigenvalue weighted by Crippen LogP contribution is 2.27. The number of nitrogens with zero attached hydrogens (tertiary/aromatic N) is 2. The summed E-state index contributed by atoms with van der Waals surface area (Å²) in [6.07, 6.45) is 0. The molecule has 1 heterocycles. The van der Waals surface area contributed by atoms with Gasteiger partial charge >= 0.3 is 0 Å². The molecule has 0 fully saturated rings. The fourth-order valence-corrected chi connectivity index (χ4v) is 2.34. The number of halogens is 4. The molecule has 0 aliphatic heterocycles. The zero-order valence-electron chi connectivity index (χ0n) is 10.1. The zero-order chi connectivity index (χ0) is 14.3. The van der Waals surface area contributed by atoms with Crippen LogP contribution in [-0.4, -0.2) is 9.55 Å². The molecule has 20 heavy (non-hydrogen) atoms. The van der Waals surface area contributed by atoms with Crippen molar-refractivity contribution in [1.82, 2.24) is 9.55 Å². The minimum atomic E-state index is -1.00. The molecule has 102 valence electrons. The van der Waals surface area contributed by atoms with Gasteiger partial charge in [-0.25, -0.2) is 18.2 Å². The number of imidazole rings is 1. The monoisotopic (exact) mass is 296 g/mol. The van der Waals surface area contributed by atoms with Crippen LogP contribution in [0.15, 0.2) is 36.4 Å². The number of hydrogen-bond donors (Lipinski definition) is 0. The molecule has 1 aromatic heterocycles. The van der Waals surface area contributed by atoms with E-state index in [1.54, 1.807) is 24.3 Å². The van der Waals surface area contributed by atoms with Crippen LogP contribution in [0.3, 0.4) is 0 Å². The third-order valence-corrected chi connectivity index (χ3v) is 3.19. The van der Waals surface area contributed by atoms with Crippen LogP contribution in [-0.2, 0) is 5.88 Å². The number of alkyl halides is 1. The van der Waals surface area contributed by atoms with E-state index in [1.165, 1.54) is 4.57 Å². The Labute approximate surface area is 117 Å². The molecule has 0 aliphatic carbocycles. The summed E-state index contributed by atoms with van der Waals surface area (Å²) in [5, 5.41) is 0. The summed E-state index contributed by atoms with van der Waals surface area (Å²) in [7, 11) is 0. The van der Waals surface area contributed by atoms with Crippen molar-refractivity contribution in [3.8, 4) is 5.69 Å². The topological polar surface area (TPSA) is 17.8 Å². The Balaban J connectivity index is 2.40. The average molecular weight is 297 g/mol. The summed E-state index contributed by atoms with van der Waals surface area (Å²) >= 11 is 5.79. The van der Waals surface area contributed by atoms with Gasteiger partial charge in [-0.2, -0.15) is 0 Å². The third-order valence-electron chi connectivity index (χ3n) is 2.96. The van der Waals surface area contributed by atoms with E-state index in [9.17, 15) is 13.2 Å². The molecule has 0 saturated heterocycles. The number of fused-ring (bicyclic) bond motifs is 1. The van der Waals surface area contributed by atoms with E-state index >= 15 is 0 Å². The van der Waals surface area contributed by atoms with Gasteiger partial charge in [0.2, 0.25) is 0 Å². The molecule has 0 N–H and O–H groups in total. The SMILES string of the molecule is Fc1cc(F)c(-n2c(CCl)nc3ccccc32)c(F)c1. The Morgan fingerprint density at radius 1 is 1.05 bits per heavy atom. The number of aromatic nitrogens is 2. The Bertz CT molecular complexity index is 775. The molecule has 0 saturated carbocycles. The molecule has 3 aromatic rings. The molecule has 2 aromatic carbocycles. The van der Waals surface area contributed by atoms with Crippen molar-refractivity contribution in [1.29, 1.82) is 0 Å². The van der Waals surface area contributed by atoms with E-state index in [4.69, 9.17) is 11.6 Å². The normalized spacial score (nSPS) is 11.2.